The predicted octanol–water partition coefficient (Wildman–Crippen LogP) is 2.42. The topological polar surface area (TPSA) is 12.0 Å². The van der Waals surface area contributed by atoms with Crippen LogP contribution in [-0.2, 0) is 0 Å². The maximum atomic E-state index is 3.56. The van der Waals surface area contributed by atoms with Gasteiger partial charge in [0.15, 0.2) is 0 Å². The molecule has 0 amide bonds. The summed E-state index contributed by atoms with van der Waals surface area (Å²) in [4.78, 5) is 0. The summed E-state index contributed by atoms with van der Waals surface area (Å²) in [5, 5.41) is 3.56. The zero-order valence-corrected chi connectivity index (χ0v) is 8.06. The largest absolute Gasteiger partial charge is 0.314 e. The summed E-state index contributed by atoms with van der Waals surface area (Å²) < 4.78 is 0. The van der Waals surface area contributed by atoms with Gasteiger partial charge in [-0.05, 0) is 24.8 Å². The number of hydrogen-bond acceptors (Lipinski definition) is 1. The molecule has 1 unspecified atom stereocenters. The Kier molecular flexibility index (Phi) is 3.38. The molecule has 66 valence electrons. The van der Waals surface area contributed by atoms with Gasteiger partial charge in [0, 0.05) is 6.04 Å². The molecule has 1 saturated carbocycles. The molecule has 0 radical (unpaired) electrons. The molecule has 0 aromatic heterocycles. The van der Waals surface area contributed by atoms with Crippen molar-refractivity contribution in [1.82, 2.24) is 5.32 Å². The standard InChI is InChI=1S/C10H21N/c1-4-11-10-7-5-6-8(2)9(10)3/h8-11H,4-7H2,1-3H3/t8-,9-,10?/m0/s1. The first-order valence-electron chi connectivity index (χ1n) is 4.99. The lowest BCUT2D eigenvalue weighted by Gasteiger charge is -2.34. The maximum Gasteiger partial charge on any atom is 0.00951 e. The molecule has 0 bridgehead atoms. The molecule has 11 heavy (non-hydrogen) atoms. The molecular weight excluding hydrogens is 134 g/mol. The van der Waals surface area contributed by atoms with Crippen LogP contribution < -0.4 is 5.32 Å². The van der Waals surface area contributed by atoms with Crippen molar-refractivity contribution in [2.45, 2.75) is 46.1 Å². The molecule has 0 spiro atoms. The average molecular weight is 155 g/mol. The van der Waals surface area contributed by atoms with Gasteiger partial charge < -0.3 is 5.32 Å². The zero-order valence-electron chi connectivity index (χ0n) is 8.06. The van der Waals surface area contributed by atoms with E-state index in [2.05, 4.69) is 26.1 Å². The number of hydrogen-bond donors (Lipinski definition) is 1. The van der Waals surface area contributed by atoms with Crippen LogP contribution in [0, 0.1) is 11.8 Å². The SMILES string of the molecule is CCNC1CCC[C@H](C)[C@@H]1C. The molecule has 3 atom stereocenters. The Balaban J connectivity index is 2.38. The van der Waals surface area contributed by atoms with Crippen molar-refractivity contribution in [1.29, 1.82) is 0 Å². The second kappa shape index (κ2) is 4.10. The fraction of sp³-hybridized carbons (Fsp3) is 1.00. The van der Waals surface area contributed by atoms with Gasteiger partial charge in [-0.2, -0.15) is 0 Å². The van der Waals surface area contributed by atoms with E-state index >= 15 is 0 Å². The molecule has 0 saturated heterocycles. The smallest absolute Gasteiger partial charge is 0.00951 e. The van der Waals surface area contributed by atoms with Crippen LogP contribution in [0.2, 0.25) is 0 Å². The molecule has 1 fully saturated rings. The summed E-state index contributed by atoms with van der Waals surface area (Å²) in [5.74, 6) is 1.80. The Labute approximate surface area is 70.6 Å². The lowest BCUT2D eigenvalue weighted by atomic mass is 9.78. The Hall–Kier alpha value is -0.0400. The van der Waals surface area contributed by atoms with Crippen molar-refractivity contribution in [3.8, 4) is 0 Å². The number of nitrogens with one attached hydrogen (secondary N) is 1. The van der Waals surface area contributed by atoms with E-state index in [1.807, 2.05) is 0 Å². The molecular formula is C10H21N. The third kappa shape index (κ3) is 2.19. The van der Waals surface area contributed by atoms with Crippen LogP contribution in [0.1, 0.15) is 40.0 Å². The van der Waals surface area contributed by atoms with Crippen molar-refractivity contribution in [3.05, 3.63) is 0 Å². The van der Waals surface area contributed by atoms with Crippen LogP contribution >= 0.6 is 0 Å². The molecule has 1 rings (SSSR count). The van der Waals surface area contributed by atoms with Crippen LogP contribution in [0.4, 0.5) is 0 Å². The van der Waals surface area contributed by atoms with Crippen molar-refractivity contribution < 1.29 is 0 Å². The van der Waals surface area contributed by atoms with E-state index in [4.69, 9.17) is 0 Å². The van der Waals surface area contributed by atoms with Gasteiger partial charge in [-0.15, -0.1) is 0 Å². The minimum absolute atomic E-state index is 0.795. The second-order valence-corrected chi connectivity index (χ2v) is 3.93. The summed E-state index contributed by atoms with van der Waals surface area (Å²) in [6.07, 6.45) is 4.24. The van der Waals surface area contributed by atoms with E-state index in [-0.39, 0.29) is 0 Å². The van der Waals surface area contributed by atoms with Gasteiger partial charge in [0.2, 0.25) is 0 Å². The fourth-order valence-electron chi connectivity index (χ4n) is 2.13. The summed E-state index contributed by atoms with van der Waals surface area (Å²) in [6, 6.07) is 0.795. The normalized spacial score (nSPS) is 39.0. The van der Waals surface area contributed by atoms with Crippen LogP contribution in [0.25, 0.3) is 0 Å². The van der Waals surface area contributed by atoms with Gasteiger partial charge in [0.05, 0.1) is 0 Å². The van der Waals surface area contributed by atoms with E-state index < -0.39 is 0 Å². The second-order valence-electron chi connectivity index (χ2n) is 3.93. The van der Waals surface area contributed by atoms with Gasteiger partial charge in [0.1, 0.15) is 0 Å². The monoisotopic (exact) mass is 155 g/mol. The highest BCUT2D eigenvalue weighted by molar-refractivity contribution is 4.81. The van der Waals surface area contributed by atoms with Gasteiger partial charge in [-0.25, -0.2) is 0 Å². The van der Waals surface area contributed by atoms with Crippen molar-refractivity contribution in [2.24, 2.45) is 11.8 Å². The van der Waals surface area contributed by atoms with Crippen LogP contribution in [0.3, 0.4) is 0 Å². The van der Waals surface area contributed by atoms with E-state index in [9.17, 15) is 0 Å². The summed E-state index contributed by atoms with van der Waals surface area (Å²) >= 11 is 0. The molecule has 1 aliphatic carbocycles. The average Bonchev–Trinajstić information content (AvgIpc) is 1.99. The Morgan fingerprint density at radius 3 is 2.64 bits per heavy atom. The lowest BCUT2D eigenvalue weighted by Crippen LogP contribution is -2.40. The fourth-order valence-corrected chi connectivity index (χ4v) is 2.13. The van der Waals surface area contributed by atoms with Crippen molar-refractivity contribution in [2.75, 3.05) is 6.54 Å². The maximum absolute atomic E-state index is 3.56. The van der Waals surface area contributed by atoms with Gasteiger partial charge >= 0.3 is 0 Å². The Bertz CT molecular complexity index is 109. The first-order valence-corrected chi connectivity index (χ1v) is 4.99. The molecule has 1 nitrogen and oxygen atoms in total. The van der Waals surface area contributed by atoms with Crippen molar-refractivity contribution in [3.63, 3.8) is 0 Å². The predicted molar refractivity (Wildman–Crippen MR) is 49.6 cm³/mol. The third-order valence-corrected chi connectivity index (χ3v) is 3.17. The molecule has 0 heterocycles. The van der Waals surface area contributed by atoms with Crippen LogP contribution in [0.15, 0.2) is 0 Å². The van der Waals surface area contributed by atoms with E-state index in [0.29, 0.717) is 0 Å². The van der Waals surface area contributed by atoms with Gasteiger partial charge in [-0.3, -0.25) is 0 Å². The zero-order chi connectivity index (χ0) is 8.27. The molecule has 0 aliphatic heterocycles. The van der Waals surface area contributed by atoms with Gasteiger partial charge in [-0.1, -0.05) is 33.6 Å². The summed E-state index contributed by atoms with van der Waals surface area (Å²) in [5.41, 5.74) is 0. The quantitative estimate of drug-likeness (QED) is 0.645. The highest BCUT2D eigenvalue weighted by Crippen LogP contribution is 2.29. The first-order chi connectivity index (χ1) is 5.25. The molecule has 1 aliphatic rings. The summed E-state index contributed by atoms with van der Waals surface area (Å²) in [7, 11) is 0. The minimum Gasteiger partial charge on any atom is -0.314 e. The Morgan fingerprint density at radius 2 is 2.00 bits per heavy atom. The highest BCUT2D eigenvalue weighted by atomic mass is 14.9. The molecule has 0 aromatic carbocycles. The highest BCUT2D eigenvalue weighted by Gasteiger charge is 2.25. The van der Waals surface area contributed by atoms with Crippen molar-refractivity contribution >= 4 is 0 Å². The van der Waals surface area contributed by atoms with Crippen LogP contribution in [0.5, 0.6) is 0 Å². The van der Waals surface area contributed by atoms with E-state index in [1.54, 1.807) is 0 Å². The number of rotatable bonds is 2. The first kappa shape index (κ1) is 9.05. The van der Waals surface area contributed by atoms with E-state index in [0.717, 1.165) is 24.4 Å². The third-order valence-electron chi connectivity index (χ3n) is 3.17. The molecule has 1 N–H and O–H groups in total. The Morgan fingerprint density at radius 1 is 1.27 bits per heavy atom. The molecule has 0 aromatic rings. The summed E-state index contributed by atoms with van der Waals surface area (Å²) in [6.45, 7) is 8.10. The van der Waals surface area contributed by atoms with E-state index in [1.165, 1.54) is 19.3 Å². The van der Waals surface area contributed by atoms with Gasteiger partial charge in [0.25, 0.3) is 0 Å². The van der Waals surface area contributed by atoms with Crippen LogP contribution in [-0.4, -0.2) is 12.6 Å². The molecule has 1 heteroatoms. The minimum atomic E-state index is 0.795. The lowest BCUT2D eigenvalue weighted by molar-refractivity contribution is 0.209.